The van der Waals surface area contributed by atoms with Crippen molar-refractivity contribution in [1.82, 2.24) is 0 Å². The first kappa shape index (κ1) is 17.0. The fourth-order valence-corrected chi connectivity index (χ4v) is 3.57. The van der Waals surface area contributed by atoms with E-state index in [2.05, 4.69) is 0 Å². The number of sulfonamides is 1. The molecule has 0 amide bonds. The number of halogens is 1. The van der Waals surface area contributed by atoms with E-state index in [0.29, 0.717) is 11.4 Å². The van der Waals surface area contributed by atoms with Crippen LogP contribution in [0, 0.1) is 10.1 Å². The summed E-state index contributed by atoms with van der Waals surface area (Å²) in [5.41, 5.74) is 0.0180. The van der Waals surface area contributed by atoms with Crippen molar-refractivity contribution in [3.63, 3.8) is 0 Å². The quantitative estimate of drug-likeness (QED) is 0.606. The van der Waals surface area contributed by atoms with Gasteiger partial charge in [-0.2, -0.15) is 0 Å². The number of rotatable bonds is 5. The molecule has 0 radical (unpaired) electrons. The van der Waals surface area contributed by atoms with E-state index < -0.39 is 14.9 Å². The Hall–Kier alpha value is -2.32. The largest absolute Gasteiger partial charge is 0.497 e. The van der Waals surface area contributed by atoms with E-state index >= 15 is 0 Å². The third-order valence-electron chi connectivity index (χ3n) is 3.20. The second kappa shape index (κ2) is 6.43. The molecule has 0 bridgehead atoms. The highest BCUT2D eigenvalue weighted by molar-refractivity contribution is 7.93. The zero-order chi connectivity index (χ0) is 17.2. The average Bonchev–Trinajstić information content (AvgIpc) is 2.54. The molecule has 2 aromatic rings. The Morgan fingerprint density at radius 3 is 2.30 bits per heavy atom. The van der Waals surface area contributed by atoms with Gasteiger partial charge in [-0.25, -0.2) is 8.42 Å². The molecule has 122 valence electrons. The third kappa shape index (κ3) is 3.38. The first-order chi connectivity index (χ1) is 10.8. The molecule has 0 fully saturated rings. The molecule has 0 N–H and O–H groups in total. The molecule has 0 atom stereocenters. The second-order valence-electron chi connectivity index (χ2n) is 4.54. The molecule has 0 spiro atoms. The van der Waals surface area contributed by atoms with Gasteiger partial charge in [0.25, 0.3) is 15.7 Å². The lowest BCUT2D eigenvalue weighted by molar-refractivity contribution is -0.385. The fourth-order valence-electron chi connectivity index (χ4n) is 1.88. The minimum atomic E-state index is -4.04. The minimum Gasteiger partial charge on any atom is -0.497 e. The lowest BCUT2D eigenvalue weighted by Crippen LogP contribution is -2.26. The van der Waals surface area contributed by atoms with Crippen molar-refractivity contribution >= 4 is 33.0 Å². The molecule has 7 nitrogen and oxygen atoms in total. The number of non-ortho nitro benzene ring substituents is 1. The van der Waals surface area contributed by atoms with Crippen LogP contribution in [0.2, 0.25) is 5.02 Å². The lowest BCUT2D eigenvalue weighted by atomic mass is 10.3. The number of nitro groups is 1. The Kier molecular flexibility index (Phi) is 4.76. The molecule has 0 saturated carbocycles. The second-order valence-corrected chi connectivity index (χ2v) is 6.89. The first-order valence-electron chi connectivity index (χ1n) is 6.34. The number of anilines is 1. The zero-order valence-corrected chi connectivity index (χ0v) is 13.8. The smallest absolute Gasteiger partial charge is 0.270 e. The molecule has 0 unspecified atom stereocenters. The Morgan fingerprint density at radius 1 is 1.17 bits per heavy atom. The summed E-state index contributed by atoms with van der Waals surface area (Å²) in [5.74, 6) is 0.577. The fraction of sp³-hybridized carbons (Fsp3) is 0.143. The third-order valence-corrected chi connectivity index (χ3v) is 5.47. The molecule has 0 aliphatic carbocycles. The van der Waals surface area contributed by atoms with Crippen molar-refractivity contribution < 1.29 is 18.1 Å². The van der Waals surface area contributed by atoms with Gasteiger partial charge < -0.3 is 4.74 Å². The highest BCUT2D eigenvalue weighted by Crippen LogP contribution is 2.31. The van der Waals surface area contributed by atoms with Gasteiger partial charge in [0, 0.05) is 19.2 Å². The number of hydrogen-bond donors (Lipinski definition) is 0. The number of nitro benzene ring substituents is 1. The predicted octanol–water partition coefficient (Wildman–Crippen LogP) is 3.08. The summed E-state index contributed by atoms with van der Waals surface area (Å²) in [6.07, 6.45) is 0. The van der Waals surface area contributed by atoms with Crippen LogP contribution in [0.4, 0.5) is 11.4 Å². The Morgan fingerprint density at radius 2 is 1.78 bits per heavy atom. The summed E-state index contributed by atoms with van der Waals surface area (Å²) in [6.45, 7) is 0. The summed E-state index contributed by atoms with van der Waals surface area (Å²) in [4.78, 5) is 9.84. The van der Waals surface area contributed by atoms with E-state index in [4.69, 9.17) is 16.3 Å². The Labute approximate surface area is 138 Å². The molecule has 0 aliphatic rings. The van der Waals surface area contributed by atoms with Crippen molar-refractivity contribution in [3.8, 4) is 5.75 Å². The topological polar surface area (TPSA) is 89.8 Å². The van der Waals surface area contributed by atoms with Crippen LogP contribution in [-0.2, 0) is 10.0 Å². The van der Waals surface area contributed by atoms with Gasteiger partial charge in [0.1, 0.15) is 10.6 Å². The van der Waals surface area contributed by atoms with Crippen LogP contribution in [-0.4, -0.2) is 27.5 Å². The van der Waals surface area contributed by atoms with Crippen LogP contribution < -0.4 is 9.04 Å². The van der Waals surface area contributed by atoms with Crippen LogP contribution in [0.15, 0.2) is 47.4 Å². The number of nitrogens with zero attached hydrogens (tertiary/aromatic N) is 2. The number of benzene rings is 2. The van der Waals surface area contributed by atoms with Crippen molar-refractivity contribution in [2.24, 2.45) is 0 Å². The maximum absolute atomic E-state index is 12.7. The molecule has 2 aromatic carbocycles. The molecule has 0 heterocycles. The molecule has 2 rings (SSSR count). The lowest BCUT2D eigenvalue weighted by Gasteiger charge is -2.20. The summed E-state index contributed by atoms with van der Waals surface area (Å²) in [6, 6.07) is 9.61. The number of hydrogen-bond acceptors (Lipinski definition) is 5. The van der Waals surface area contributed by atoms with Crippen molar-refractivity contribution in [2.75, 3.05) is 18.5 Å². The zero-order valence-electron chi connectivity index (χ0n) is 12.3. The maximum atomic E-state index is 12.7. The highest BCUT2D eigenvalue weighted by atomic mass is 35.5. The summed E-state index contributed by atoms with van der Waals surface area (Å²) >= 11 is 5.92. The Balaban J connectivity index is 2.48. The van der Waals surface area contributed by atoms with Crippen molar-refractivity contribution in [1.29, 1.82) is 0 Å². The van der Waals surface area contributed by atoms with Crippen LogP contribution in [0.3, 0.4) is 0 Å². The number of methoxy groups -OCH3 is 1. The van der Waals surface area contributed by atoms with Gasteiger partial charge in [0.05, 0.1) is 22.7 Å². The van der Waals surface area contributed by atoms with Crippen LogP contribution in [0.25, 0.3) is 0 Å². The molecule has 0 aromatic heterocycles. The van der Waals surface area contributed by atoms with Gasteiger partial charge >= 0.3 is 0 Å². The van der Waals surface area contributed by atoms with Gasteiger partial charge in [-0.15, -0.1) is 0 Å². The molecule has 0 aliphatic heterocycles. The van der Waals surface area contributed by atoms with Crippen LogP contribution in [0.5, 0.6) is 5.75 Å². The van der Waals surface area contributed by atoms with E-state index in [1.54, 1.807) is 24.3 Å². The summed E-state index contributed by atoms with van der Waals surface area (Å²) in [7, 11) is -1.20. The predicted molar refractivity (Wildman–Crippen MR) is 86.7 cm³/mol. The van der Waals surface area contributed by atoms with Crippen molar-refractivity contribution in [3.05, 3.63) is 57.6 Å². The molecule has 9 heteroatoms. The monoisotopic (exact) mass is 356 g/mol. The van der Waals surface area contributed by atoms with Gasteiger partial charge in [-0.3, -0.25) is 14.4 Å². The van der Waals surface area contributed by atoms with E-state index in [-0.39, 0.29) is 15.6 Å². The van der Waals surface area contributed by atoms with E-state index in [1.807, 2.05) is 0 Å². The standard InChI is InChI=1S/C14H13ClN2O5S/c1-16(10-3-6-12(22-2)7-4-10)23(20,21)14-9-11(17(18)19)5-8-13(14)15/h3-9H,1-2H3. The van der Waals surface area contributed by atoms with Crippen molar-refractivity contribution in [2.45, 2.75) is 4.90 Å². The van der Waals surface area contributed by atoms with Gasteiger partial charge in [0.2, 0.25) is 0 Å². The molecular weight excluding hydrogens is 344 g/mol. The van der Waals surface area contributed by atoms with E-state index in [9.17, 15) is 18.5 Å². The van der Waals surface area contributed by atoms with Gasteiger partial charge in [0.15, 0.2) is 0 Å². The average molecular weight is 357 g/mol. The summed E-state index contributed by atoms with van der Waals surface area (Å²) < 4.78 is 31.4. The minimum absolute atomic E-state index is 0.0871. The van der Waals surface area contributed by atoms with Gasteiger partial charge in [-0.05, 0) is 30.3 Å². The number of ether oxygens (including phenoxy) is 1. The normalized spacial score (nSPS) is 11.1. The van der Waals surface area contributed by atoms with Gasteiger partial charge in [-0.1, -0.05) is 11.6 Å². The first-order valence-corrected chi connectivity index (χ1v) is 8.16. The molecule has 23 heavy (non-hydrogen) atoms. The van der Waals surface area contributed by atoms with E-state index in [1.165, 1.54) is 20.2 Å². The van der Waals surface area contributed by atoms with E-state index in [0.717, 1.165) is 16.4 Å². The van der Waals surface area contributed by atoms with Crippen LogP contribution >= 0.6 is 11.6 Å². The molecule has 0 saturated heterocycles. The SMILES string of the molecule is COc1ccc(N(C)S(=O)(=O)c2cc([N+](=O)[O-])ccc2Cl)cc1. The Bertz CT molecular complexity index is 837. The molecular formula is C14H13ClN2O5S. The highest BCUT2D eigenvalue weighted by Gasteiger charge is 2.26. The van der Waals surface area contributed by atoms with Crippen LogP contribution in [0.1, 0.15) is 0 Å². The summed E-state index contributed by atoms with van der Waals surface area (Å²) in [5, 5.41) is 10.8. The maximum Gasteiger partial charge on any atom is 0.270 e.